The molecule has 3 aliphatic rings. The molecule has 0 spiro atoms. The molecule has 0 radical (unpaired) electrons. The van der Waals surface area contributed by atoms with E-state index in [-0.39, 0.29) is 34.9 Å². The molecule has 1 aromatic rings. The molecule has 20 heavy (non-hydrogen) atoms. The number of hydrogen-bond acceptors (Lipinski definition) is 3. The number of aromatic hydroxyl groups is 2. The first-order chi connectivity index (χ1) is 9.34. The van der Waals surface area contributed by atoms with Crippen molar-refractivity contribution < 1.29 is 14.9 Å². The van der Waals surface area contributed by atoms with Crippen LogP contribution in [0, 0.1) is 0 Å². The van der Waals surface area contributed by atoms with Gasteiger partial charge < -0.3 is 14.9 Å². The normalized spacial score (nSPS) is 36.9. The smallest absolute Gasteiger partial charge is 0.198 e. The second-order valence-corrected chi connectivity index (χ2v) is 12.6. The minimum absolute atomic E-state index is 0.0189. The second kappa shape index (κ2) is 3.34. The fourth-order valence-corrected chi connectivity index (χ4v) is 7.60. The standard InChI is InChI=1S/C15H21NO3Si/c1-5-6-16-13(17)10-8-7-9(11(10)14(16)18)15(12(8)19-15)20(2,3)4/h5,8-9,12,17-18H,1,6-7H2,2-4H3. The van der Waals surface area contributed by atoms with Gasteiger partial charge in [0.2, 0.25) is 0 Å². The van der Waals surface area contributed by atoms with Crippen molar-refractivity contribution in [2.75, 3.05) is 0 Å². The van der Waals surface area contributed by atoms with Crippen molar-refractivity contribution in [1.29, 1.82) is 0 Å². The van der Waals surface area contributed by atoms with Crippen molar-refractivity contribution in [3.05, 3.63) is 23.8 Å². The molecular weight excluding hydrogens is 270 g/mol. The van der Waals surface area contributed by atoms with Gasteiger partial charge in [0, 0.05) is 29.5 Å². The Balaban J connectivity index is 1.88. The Hall–Kier alpha value is -1.20. The van der Waals surface area contributed by atoms with Gasteiger partial charge in [-0.25, -0.2) is 0 Å². The molecule has 2 bridgehead atoms. The summed E-state index contributed by atoms with van der Waals surface area (Å²) in [7, 11) is -1.49. The molecule has 2 heterocycles. The van der Waals surface area contributed by atoms with Crippen molar-refractivity contribution in [2.24, 2.45) is 0 Å². The molecule has 0 aromatic carbocycles. The Morgan fingerprint density at radius 3 is 2.60 bits per heavy atom. The molecule has 4 rings (SSSR count). The zero-order valence-electron chi connectivity index (χ0n) is 12.2. The van der Waals surface area contributed by atoms with Crippen molar-refractivity contribution >= 4 is 8.07 Å². The van der Waals surface area contributed by atoms with Gasteiger partial charge in [0.25, 0.3) is 0 Å². The highest BCUT2D eigenvalue weighted by Crippen LogP contribution is 2.74. The number of nitrogens with zero attached hydrogens (tertiary/aromatic N) is 1. The summed E-state index contributed by atoms with van der Waals surface area (Å²) in [5.74, 6) is 0.955. The van der Waals surface area contributed by atoms with E-state index >= 15 is 0 Å². The predicted octanol–water partition coefficient (Wildman–Crippen LogP) is 2.68. The number of rotatable bonds is 3. The van der Waals surface area contributed by atoms with Gasteiger partial charge >= 0.3 is 0 Å². The van der Waals surface area contributed by atoms with Crippen LogP contribution in [0.25, 0.3) is 0 Å². The first kappa shape index (κ1) is 12.5. The largest absolute Gasteiger partial charge is 0.494 e. The summed E-state index contributed by atoms with van der Waals surface area (Å²) < 4.78 is 7.72. The summed E-state index contributed by atoms with van der Waals surface area (Å²) in [6, 6.07) is 0. The first-order valence-corrected chi connectivity index (χ1v) is 10.8. The summed E-state index contributed by atoms with van der Waals surface area (Å²) in [5, 5.41) is 20.9. The minimum Gasteiger partial charge on any atom is -0.494 e. The molecule has 1 aliphatic heterocycles. The average molecular weight is 291 g/mol. The van der Waals surface area contributed by atoms with Gasteiger partial charge in [-0.2, -0.15) is 0 Å². The zero-order chi connectivity index (χ0) is 14.4. The number of epoxide rings is 1. The van der Waals surface area contributed by atoms with Crippen LogP contribution in [-0.2, 0) is 11.3 Å². The van der Waals surface area contributed by atoms with E-state index in [9.17, 15) is 10.2 Å². The van der Waals surface area contributed by atoms with Crippen molar-refractivity contribution in [3.63, 3.8) is 0 Å². The summed E-state index contributed by atoms with van der Waals surface area (Å²) in [4.78, 5) is 0. The highest BCUT2D eigenvalue weighted by molar-refractivity contribution is 6.80. The Morgan fingerprint density at radius 1 is 1.35 bits per heavy atom. The van der Waals surface area contributed by atoms with Crippen molar-refractivity contribution in [3.8, 4) is 11.8 Å². The highest BCUT2D eigenvalue weighted by Gasteiger charge is 2.79. The maximum absolute atomic E-state index is 10.5. The molecule has 4 atom stereocenters. The molecule has 2 aliphatic carbocycles. The lowest BCUT2D eigenvalue weighted by Gasteiger charge is -2.30. The third-order valence-corrected chi connectivity index (χ3v) is 8.64. The van der Waals surface area contributed by atoms with Gasteiger partial charge in [-0.15, -0.1) is 6.58 Å². The lowest BCUT2D eigenvalue weighted by atomic mass is 9.94. The fraction of sp³-hybridized carbons (Fsp3) is 0.600. The average Bonchev–Trinajstić information content (AvgIpc) is 2.84. The van der Waals surface area contributed by atoms with Gasteiger partial charge in [-0.1, -0.05) is 25.7 Å². The van der Waals surface area contributed by atoms with Crippen molar-refractivity contribution in [2.45, 2.75) is 55.8 Å². The van der Waals surface area contributed by atoms with Gasteiger partial charge in [-0.05, 0) is 6.42 Å². The Labute approximate surface area is 119 Å². The van der Waals surface area contributed by atoms with Crippen LogP contribution in [0.4, 0.5) is 0 Å². The predicted molar refractivity (Wildman–Crippen MR) is 79.0 cm³/mol. The molecule has 1 aromatic heterocycles. The number of ether oxygens (including phenoxy) is 1. The van der Waals surface area contributed by atoms with Crippen LogP contribution in [0.5, 0.6) is 11.8 Å². The van der Waals surface area contributed by atoms with Crippen LogP contribution >= 0.6 is 0 Å². The van der Waals surface area contributed by atoms with E-state index in [0.717, 1.165) is 17.5 Å². The van der Waals surface area contributed by atoms with Crippen molar-refractivity contribution in [1.82, 2.24) is 4.57 Å². The van der Waals surface area contributed by atoms with Gasteiger partial charge in [0.05, 0.1) is 19.4 Å². The molecule has 5 heteroatoms. The molecule has 1 saturated heterocycles. The maximum atomic E-state index is 10.5. The first-order valence-electron chi connectivity index (χ1n) is 7.27. The summed E-state index contributed by atoms with van der Waals surface area (Å²) in [5.41, 5.74) is 1.89. The summed E-state index contributed by atoms with van der Waals surface area (Å²) >= 11 is 0. The lowest BCUT2D eigenvalue weighted by molar-refractivity contribution is 0.265. The molecular formula is C15H21NO3Si. The topological polar surface area (TPSA) is 57.9 Å². The molecule has 2 fully saturated rings. The number of aromatic nitrogens is 1. The zero-order valence-corrected chi connectivity index (χ0v) is 13.2. The van der Waals surface area contributed by atoms with Crippen LogP contribution in [0.3, 0.4) is 0 Å². The van der Waals surface area contributed by atoms with E-state index in [2.05, 4.69) is 26.2 Å². The summed E-state index contributed by atoms with van der Waals surface area (Å²) in [6.45, 7) is 11.1. The van der Waals surface area contributed by atoms with E-state index < -0.39 is 8.07 Å². The van der Waals surface area contributed by atoms with Gasteiger partial charge in [-0.3, -0.25) is 4.57 Å². The third-order valence-electron chi connectivity index (χ3n) is 5.55. The van der Waals surface area contributed by atoms with Crippen LogP contribution in [0.15, 0.2) is 12.7 Å². The van der Waals surface area contributed by atoms with Gasteiger partial charge in [0.1, 0.15) is 0 Å². The van der Waals surface area contributed by atoms with Crippen LogP contribution in [0.2, 0.25) is 19.6 Å². The SMILES string of the molecule is C=CCn1c(O)c2c(c1O)C1CC2C2OC12[Si](C)(C)C. The fourth-order valence-electron chi connectivity index (χ4n) is 4.76. The Kier molecular flexibility index (Phi) is 2.09. The molecule has 4 nitrogen and oxygen atoms in total. The summed E-state index contributed by atoms with van der Waals surface area (Å²) in [6.07, 6.45) is 2.98. The molecule has 0 amide bonds. The molecule has 4 unspecified atom stereocenters. The second-order valence-electron chi connectivity index (χ2n) is 7.35. The number of allylic oxidation sites excluding steroid dienone is 1. The Bertz CT molecular complexity index is 630. The van der Waals surface area contributed by atoms with Crippen LogP contribution in [-0.4, -0.2) is 34.2 Å². The number of hydrogen-bond donors (Lipinski definition) is 2. The Morgan fingerprint density at radius 2 is 2.00 bits per heavy atom. The number of fused-ring (bicyclic) bond motifs is 8. The van der Waals surface area contributed by atoms with E-state index in [1.165, 1.54) is 0 Å². The highest BCUT2D eigenvalue weighted by atomic mass is 28.3. The van der Waals surface area contributed by atoms with Gasteiger partial charge in [0.15, 0.2) is 11.8 Å². The molecule has 108 valence electrons. The quantitative estimate of drug-likeness (QED) is 0.511. The third kappa shape index (κ3) is 1.10. The monoisotopic (exact) mass is 291 g/mol. The lowest BCUT2D eigenvalue weighted by Crippen LogP contribution is -2.46. The molecule has 2 N–H and O–H groups in total. The van der Waals surface area contributed by atoms with E-state index in [1.807, 2.05) is 0 Å². The van der Waals surface area contributed by atoms with E-state index in [1.54, 1.807) is 10.6 Å². The minimum atomic E-state index is -1.49. The van der Waals surface area contributed by atoms with Crippen LogP contribution in [0.1, 0.15) is 29.4 Å². The van der Waals surface area contributed by atoms with E-state index in [0.29, 0.717) is 6.54 Å². The van der Waals surface area contributed by atoms with E-state index in [4.69, 9.17) is 4.74 Å². The molecule has 1 saturated carbocycles. The van der Waals surface area contributed by atoms with Crippen LogP contribution < -0.4 is 0 Å². The maximum Gasteiger partial charge on any atom is 0.198 e.